The van der Waals surface area contributed by atoms with Crippen molar-refractivity contribution in [3.63, 3.8) is 0 Å². The molecule has 0 aliphatic rings. The summed E-state index contributed by atoms with van der Waals surface area (Å²) in [6, 6.07) is 4.11. The van der Waals surface area contributed by atoms with E-state index in [1.54, 1.807) is 10.9 Å². The third-order valence-electron chi connectivity index (χ3n) is 3.21. The molecule has 0 bridgehead atoms. The smallest absolute Gasteiger partial charge is 0.137 e. The highest BCUT2D eigenvalue weighted by atomic mass is 16.5. The van der Waals surface area contributed by atoms with E-state index in [2.05, 4.69) is 17.0 Å². The first kappa shape index (κ1) is 14.5. The number of pyridine rings is 1. The van der Waals surface area contributed by atoms with Crippen LogP contribution in [0.3, 0.4) is 0 Å². The number of hydrogen-bond acceptors (Lipinski definition) is 4. The van der Waals surface area contributed by atoms with E-state index in [0.29, 0.717) is 6.61 Å². The van der Waals surface area contributed by atoms with Crippen LogP contribution in [0.25, 0.3) is 0 Å². The van der Waals surface area contributed by atoms with Crippen molar-refractivity contribution >= 4 is 0 Å². The third-order valence-corrected chi connectivity index (χ3v) is 3.21. The molecule has 0 aliphatic carbocycles. The van der Waals surface area contributed by atoms with Crippen molar-refractivity contribution in [1.82, 2.24) is 14.8 Å². The van der Waals surface area contributed by atoms with Gasteiger partial charge in [0.15, 0.2) is 0 Å². The van der Waals surface area contributed by atoms with Gasteiger partial charge in [-0.15, -0.1) is 0 Å². The Balaban J connectivity index is 1.78. The van der Waals surface area contributed by atoms with Gasteiger partial charge in [0, 0.05) is 37.8 Å². The molecule has 0 radical (unpaired) electrons. The number of rotatable bonds is 7. The summed E-state index contributed by atoms with van der Waals surface area (Å²) in [5, 5.41) is 4.13. The molecular weight excluding hydrogens is 252 g/mol. The Kier molecular flexibility index (Phi) is 5.12. The van der Waals surface area contributed by atoms with E-state index >= 15 is 0 Å². The number of aromatic nitrogens is 3. The van der Waals surface area contributed by atoms with E-state index in [4.69, 9.17) is 10.5 Å². The fourth-order valence-electron chi connectivity index (χ4n) is 1.92. The molecule has 1 atom stereocenters. The van der Waals surface area contributed by atoms with Crippen molar-refractivity contribution in [2.45, 2.75) is 32.2 Å². The maximum Gasteiger partial charge on any atom is 0.137 e. The first-order valence-corrected chi connectivity index (χ1v) is 6.98. The summed E-state index contributed by atoms with van der Waals surface area (Å²) in [6.45, 7) is 2.71. The van der Waals surface area contributed by atoms with Gasteiger partial charge in [0.2, 0.25) is 0 Å². The highest BCUT2D eigenvalue weighted by molar-refractivity contribution is 5.20. The van der Waals surface area contributed by atoms with E-state index in [1.165, 1.54) is 5.56 Å². The van der Waals surface area contributed by atoms with E-state index < -0.39 is 0 Å². The monoisotopic (exact) mass is 274 g/mol. The van der Waals surface area contributed by atoms with Crippen LogP contribution in [0, 0.1) is 0 Å². The minimum atomic E-state index is 0.180. The van der Waals surface area contributed by atoms with Crippen molar-refractivity contribution in [2.24, 2.45) is 12.8 Å². The Morgan fingerprint density at radius 2 is 2.20 bits per heavy atom. The molecule has 0 aromatic carbocycles. The summed E-state index contributed by atoms with van der Waals surface area (Å²) in [4.78, 5) is 4.37. The molecule has 0 amide bonds. The van der Waals surface area contributed by atoms with Crippen LogP contribution in [0.4, 0.5) is 0 Å². The lowest BCUT2D eigenvalue weighted by Crippen LogP contribution is -2.21. The quantitative estimate of drug-likeness (QED) is 0.835. The minimum Gasteiger partial charge on any atom is -0.492 e. The molecule has 2 heterocycles. The molecule has 5 heteroatoms. The summed E-state index contributed by atoms with van der Waals surface area (Å²) in [5.74, 6) is 0.794. The summed E-state index contributed by atoms with van der Waals surface area (Å²) < 4.78 is 7.47. The van der Waals surface area contributed by atoms with E-state index in [9.17, 15) is 0 Å². The van der Waals surface area contributed by atoms with Crippen LogP contribution in [0.2, 0.25) is 0 Å². The lowest BCUT2D eigenvalue weighted by atomic mass is 10.1. The van der Waals surface area contributed by atoms with Gasteiger partial charge in [-0.3, -0.25) is 9.67 Å². The second-order valence-electron chi connectivity index (χ2n) is 4.98. The summed E-state index contributed by atoms with van der Waals surface area (Å²) in [6.07, 6.45) is 8.24. The highest BCUT2D eigenvalue weighted by Crippen LogP contribution is 2.11. The Morgan fingerprint density at radius 1 is 1.35 bits per heavy atom. The zero-order valence-corrected chi connectivity index (χ0v) is 12.1. The van der Waals surface area contributed by atoms with Gasteiger partial charge < -0.3 is 10.5 Å². The number of nitrogens with two attached hydrogens (primary N) is 1. The molecule has 5 nitrogen and oxygen atoms in total. The van der Waals surface area contributed by atoms with Crippen LogP contribution in [0.15, 0.2) is 30.7 Å². The average molecular weight is 274 g/mol. The van der Waals surface area contributed by atoms with Crippen LogP contribution < -0.4 is 10.5 Å². The molecule has 0 saturated heterocycles. The van der Waals surface area contributed by atoms with Gasteiger partial charge in [-0.2, -0.15) is 5.10 Å². The first-order valence-electron chi connectivity index (χ1n) is 6.98. The largest absolute Gasteiger partial charge is 0.492 e. The molecule has 0 saturated carbocycles. The van der Waals surface area contributed by atoms with Crippen molar-refractivity contribution in [3.8, 4) is 5.75 Å². The summed E-state index contributed by atoms with van der Waals surface area (Å²) in [5.41, 5.74) is 8.10. The van der Waals surface area contributed by atoms with Crippen LogP contribution in [-0.4, -0.2) is 27.4 Å². The van der Waals surface area contributed by atoms with E-state index in [-0.39, 0.29) is 6.04 Å². The number of aryl methyl sites for hydroxylation is 1. The standard InChI is InChI=1S/C15H22N4O/c1-3-13(16)8-14-4-5-15(10-17-14)20-7-6-12-9-18-19(2)11-12/h4-5,9-11,13H,3,6-8,16H2,1-2H3. The first-order chi connectivity index (χ1) is 9.67. The molecule has 2 rings (SSSR count). The van der Waals surface area contributed by atoms with Gasteiger partial charge in [-0.1, -0.05) is 6.92 Å². The third kappa shape index (κ3) is 4.35. The molecule has 20 heavy (non-hydrogen) atoms. The predicted molar refractivity (Wildman–Crippen MR) is 78.6 cm³/mol. The fraction of sp³-hybridized carbons (Fsp3) is 0.467. The van der Waals surface area contributed by atoms with Crippen molar-refractivity contribution in [1.29, 1.82) is 0 Å². The Hall–Kier alpha value is -1.88. The molecule has 0 spiro atoms. The van der Waals surface area contributed by atoms with Gasteiger partial charge in [0.1, 0.15) is 5.75 Å². The fourth-order valence-corrected chi connectivity index (χ4v) is 1.92. The molecule has 0 fully saturated rings. The number of hydrogen-bond donors (Lipinski definition) is 1. The van der Waals surface area contributed by atoms with Crippen LogP contribution in [0.1, 0.15) is 24.6 Å². The Morgan fingerprint density at radius 3 is 2.80 bits per heavy atom. The Labute approximate surface area is 119 Å². The Bertz CT molecular complexity index is 521. The van der Waals surface area contributed by atoms with Gasteiger partial charge in [0.05, 0.1) is 19.0 Å². The summed E-state index contributed by atoms with van der Waals surface area (Å²) in [7, 11) is 1.91. The molecule has 2 N–H and O–H groups in total. The SMILES string of the molecule is CCC(N)Cc1ccc(OCCc2cnn(C)c2)cn1. The van der Waals surface area contributed by atoms with Crippen LogP contribution >= 0.6 is 0 Å². The maximum absolute atomic E-state index is 5.91. The molecule has 108 valence electrons. The second kappa shape index (κ2) is 7.05. The molecule has 0 aliphatic heterocycles. The van der Waals surface area contributed by atoms with Crippen molar-refractivity contribution in [2.75, 3.05) is 6.61 Å². The number of nitrogens with zero attached hydrogens (tertiary/aromatic N) is 3. The summed E-state index contributed by atoms with van der Waals surface area (Å²) >= 11 is 0. The van der Waals surface area contributed by atoms with Gasteiger partial charge >= 0.3 is 0 Å². The lowest BCUT2D eigenvalue weighted by molar-refractivity contribution is 0.320. The number of ether oxygens (including phenoxy) is 1. The van der Waals surface area contributed by atoms with Crippen molar-refractivity contribution < 1.29 is 4.74 Å². The minimum absolute atomic E-state index is 0.180. The van der Waals surface area contributed by atoms with Gasteiger partial charge in [0.25, 0.3) is 0 Å². The molecule has 2 aromatic rings. The van der Waals surface area contributed by atoms with Gasteiger partial charge in [-0.05, 0) is 24.1 Å². The zero-order valence-electron chi connectivity index (χ0n) is 12.1. The van der Waals surface area contributed by atoms with Crippen LogP contribution in [0.5, 0.6) is 5.75 Å². The normalized spacial score (nSPS) is 12.3. The molecular formula is C15H22N4O. The van der Waals surface area contributed by atoms with Gasteiger partial charge in [-0.25, -0.2) is 0 Å². The zero-order chi connectivity index (χ0) is 14.4. The van der Waals surface area contributed by atoms with Crippen LogP contribution in [-0.2, 0) is 19.9 Å². The molecule has 2 aromatic heterocycles. The highest BCUT2D eigenvalue weighted by Gasteiger charge is 2.03. The average Bonchev–Trinajstić information content (AvgIpc) is 2.86. The van der Waals surface area contributed by atoms with E-state index in [0.717, 1.165) is 30.7 Å². The second-order valence-corrected chi connectivity index (χ2v) is 4.98. The molecule has 1 unspecified atom stereocenters. The van der Waals surface area contributed by atoms with E-state index in [1.807, 2.05) is 31.6 Å². The lowest BCUT2D eigenvalue weighted by Gasteiger charge is -2.09. The maximum atomic E-state index is 5.91. The predicted octanol–water partition coefficient (Wildman–Crippen LogP) is 1.72. The topological polar surface area (TPSA) is 66.0 Å². The van der Waals surface area contributed by atoms with Crippen molar-refractivity contribution in [3.05, 3.63) is 42.0 Å².